The van der Waals surface area contributed by atoms with Crippen LogP contribution in [0.5, 0.6) is 0 Å². The van der Waals surface area contributed by atoms with E-state index in [0.717, 1.165) is 5.69 Å². The van der Waals surface area contributed by atoms with E-state index in [1.165, 1.54) is 17.0 Å². The van der Waals surface area contributed by atoms with Gasteiger partial charge in [0.05, 0.1) is 5.56 Å². The van der Waals surface area contributed by atoms with Crippen molar-refractivity contribution in [2.24, 2.45) is 0 Å². The van der Waals surface area contributed by atoms with Crippen LogP contribution in [-0.2, 0) is 0 Å². The van der Waals surface area contributed by atoms with E-state index in [1.807, 2.05) is 18.2 Å². The van der Waals surface area contributed by atoms with Gasteiger partial charge in [0.25, 0.3) is 5.91 Å². The molecule has 4 heteroatoms. The highest BCUT2D eigenvalue weighted by Gasteiger charge is 2.16. The van der Waals surface area contributed by atoms with Gasteiger partial charge >= 0.3 is 0 Å². The second kappa shape index (κ2) is 5.52. The monoisotopic (exact) mass is 258 g/mol. The molecule has 0 aliphatic carbocycles. The number of nitrogens with zero attached hydrogens (tertiary/aromatic N) is 1. The molecule has 98 valence electrons. The lowest BCUT2D eigenvalue weighted by molar-refractivity contribution is 0.0993. The standard InChI is InChI=1S/C15H15FN2O/c1-17-14-6-4-3-5-13(14)15(19)18(2)12-9-7-11(16)8-10-12/h3-10,17H,1-2H3. The minimum Gasteiger partial charge on any atom is -0.387 e. The third-order valence-electron chi connectivity index (χ3n) is 2.95. The number of nitrogens with one attached hydrogen (secondary N) is 1. The predicted molar refractivity (Wildman–Crippen MR) is 75.1 cm³/mol. The summed E-state index contributed by atoms with van der Waals surface area (Å²) in [6, 6.07) is 13.1. The molecule has 2 aromatic rings. The maximum absolute atomic E-state index is 12.9. The molecule has 0 aromatic heterocycles. The molecule has 0 aliphatic rings. The Morgan fingerprint density at radius 2 is 1.74 bits per heavy atom. The number of para-hydroxylation sites is 1. The zero-order valence-electron chi connectivity index (χ0n) is 10.9. The van der Waals surface area contributed by atoms with Gasteiger partial charge in [0, 0.05) is 25.5 Å². The van der Waals surface area contributed by atoms with Crippen LogP contribution in [0.4, 0.5) is 15.8 Å². The van der Waals surface area contributed by atoms with Gasteiger partial charge < -0.3 is 10.2 Å². The number of rotatable bonds is 3. The third-order valence-corrected chi connectivity index (χ3v) is 2.95. The highest BCUT2D eigenvalue weighted by Crippen LogP contribution is 2.20. The first-order valence-electron chi connectivity index (χ1n) is 5.94. The maximum atomic E-state index is 12.9. The number of hydrogen-bond acceptors (Lipinski definition) is 2. The predicted octanol–water partition coefficient (Wildman–Crippen LogP) is 3.14. The Labute approximate surface area is 111 Å². The van der Waals surface area contributed by atoms with E-state index in [-0.39, 0.29) is 11.7 Å². The van der Waals surface area contributed by atoms with Crippen LogP contribution in [0.25, 0.3) is 0 Å². The van der Waals surface area contributed by atoms with Gasteiger partial charge in [-0.1, -0.05) is 12.1 Å². The largest absolute Gasteiger partial charge is 0.387 e. The van der Waals surface area contributed by atoms with E-state index in [0.29, 0.717) is 11.3 Å². The van der Waals surface area contributed by atoms with Crippen molar-refractivity contribution in [2.75, 3.05) is 24.3 Å². The fourth-order valence-electron chi connectivity index (χ4n) is 1.85. The quantitative estimate of drug-likeness (QED) is 0.917. The van der Waals surface area contributed by atoms with Crippen molar-refractivity contribution in [1.29, 1.82) is 0 Å². The third kappa shape index (κ3) is 2.73. The van der Waals surface area contributed by atoms with Gasteiger partial charge in [-0.15, -0.1) is 0 Å². The normalized spacial score (nSPS) is 10.1. The summed E-state index contributed by atoms with van der Waals surface area (Å²) in [4.78, 5) is 13.9. The lowest BCUT2D eigenvalue weighted by Crippen LogP contribution is -2.26. The Morgan fingerprint density at radius 1 is 1.11 bits per heavy atom. The Morgan fingerprint density at radius 3 is 2.37 bits per heavy atom. The van der Waals surface area contributed by atoms with E-state index < -0.39 is 0 Å². The molecule has 0 heterocycles. The van der Waals surface area contributed by atoms with Gasteiger partial charge in [0.1, 0.15) is 5.82 Å². The zero-order valence-corrected chi connectivity index (χ0v) is 10.9. The summed E-state index contributed by atoms with van der Waals surface area (Å²) in [6.07, 6.45) is 0. The molecule has 2 aromatic carbocycles. The SMILES string of the molecule is CNc1ccccc1C(=O)N(C)c1ccc(F)cc1. The van der Waals surface area contributed by atoms with Gasteiger partial charge in [-0.05, 0) is 36.4 Å². The van der Waals surface area contributed by atoms with Crippen LogP contribution < -0.4 is 10.2 Å². The molecule has 0 atom stereocenters. The molecular formula is C15H15FN2O. The van der Waals surface area contributed by atoms with Gasteiger partial charge in [-0.3, -0.25) is 4.79 Å². The van der Waals surface area contributed by atoms with Crippen LogP contribution in [0.3, 0.4) is 0 Å². The summed E-state index contributed by atoms with van der Waals surface area (Å²) < 4.78 is 12.9. The molecule has 0 saturated heterocycles. The molecule has 0 spiro atoms. The van der Waals surface area contributed by atoms with E-state index >= 15 is 0 Å². The van der Waals surface area contributed by atoms with E-state index in [4.69, 9.17) is 0 Å². The number of hydrogen-bond donors (Lipinski definition) is 1. The van der Waals surface area contributed by atoms with E-state index in [2.05, 4.69) is 5.32 Å². The van der Waals surface area contributed by atoms with Crippen LogP contribution in [0.1, 0.15) is 10.4 Å². The van der Waals surface area contributed by atoms with Crippen molar-refractivity contribution in [3.63, 3.8) is 0 Å². The summed E-state index contributed by atoms with van der Waals surface area (Å²) in [7, 11) is 3.44. The number of amides is 1. The summed E-state index contributed by atoms with van der Waals surface area (Å²) in [5.74, 6) is -0.461. The van der Waals surface area contributed by atoms with Crippen LogP contribution in [0.2, 0.25) is 0 Å². The molecule has 0 aliphatic heterocycles. The Hall–Kier alpha value is -2.36. The van der Waals surface area contributed by atoms with Crippen molar-refractivity contribution in [3.8, 4) is 0 Å². The molecule has 19 heavy (non-hydrogen) atoms. The highest BCUT2D eigenvalue weighted by atomic mass is 19.1. The first-order valence-corrected chi connectivity index (χ1v) is 5.94. The van der Waals surface area contributed by atoms with E-state index in [1.54, 1.807) is 32.3 Å². The lowest BCUT2D eigenvalue weighted by atomic mass is 10.1. The molecular weight excluding hydrogens is 243 g/mol. The summed E-state index contributed by atoms with van der Waals surface area (Å²) >= 11 is 0. The first kappa shape index (κ1) is 13.1. The second-order valence-corrected chi connectivity index (χ2v) is 4.14. The number of anilines is 2. The fourth-order valence-corrected chi connectivity index (χ4v) is 1.85. The number of halogens is 1. The molecule has 0 unspecified atom stereocenters. The van der Waals surface area contributed by atoms with Crippen molar-refractivity contribution < 1.29 is 9.18 Å². The fraction of sp³-hybridized carbons (Fsp3) is 0.133. The molecule has 1 N–H and O–H groups in total. The molecule has 2 rings (SSSR count). The molecule has 0 bridgehead atoms. The zero-order chi connectivity index (χ0) is 13.8. The van der Waals surface area contributed by atoms with Gasteiger partial charge in [-0.25, -0.2) is 4.39 Å². The molecule has 3 nitrogen and oxygen atoms in total. The molecule has 0 fully saturated rings. The average Bonchev–Trinajstić information content (AvgIpc) is 2.46. The summed E-state index contributed by atoms with van der Waals surface area (Å²) in [6.45, 7) is 0. The Kier molecular flexibility index (Phi) is 3.80. The molecule has 0 radical (unpaired) electrons. The van der Waals surface area contributed by atoms with Crippen molar-refractivity contribution in [3.05, 3.63) is 59.9 Å². The highest BCUT2D eigenvalue weighted by molar-refractivity contribution is 6.09. The number of carbonyl (C=O) groups excluding carboxylic acids is 1. The lowest BCUT2D eigenvalue weighted by Gasteiger charge is -2.19. The average molecular weight is 258 g/mol. The number of benzene rings is 2. The smallest absolute Gasteiger partial charge is 0.260 e. The van der Waals surface area contributed by atoms with Crippen LogP contribution >= 0.6 is 0 Å². The summed E-state index contributed by atoms with van der Waals surface area (Å²) in [5, 5.41) is 2.98. The maximum Gasteiger partial charge on any atom is 0.260 e. The minimum absolute atomic E-state index is 0.142. The van der Waals surface area contributed by atoms with Gasteiger partial charge in [-0.2, -0.15) is 0 Å². The number of carbonyl (C=O) groups is 1. The van der Waals surface area contributed by atoms with E-state index in [9.17, 15) is 9.18 Å². The minimum atomic E-state index is -0.319. The van der Waals surface area contributed by atoms with Crippen molar-refractivity contribution in [2.45, 2.75) is 0 Å². The van der Waals surface area contributed by atoms with Crippen molar-refractivity contribution in [1.82, 2.24) is 0 Å². The van der Waals surface area contributed by atoms with Crippen LogP contribution in [0.15, 0.2) is 48.5 Å². The van der Waals surface area contributed by atoms with Gasteiger partial charge in [0.2, 0.25) is 0 Å². The first-order chi connectivity index (χ1) is 9.13. The van der Waals surface area contributed by atoms with Crippen molar-refractivity contribution >= 4 is 17.3 Å². The topological polar surface area (TPSA) is 32.3 Å². The Balaban J connectivity index is 2.30. The Bertz CT molecular complexity index is 581. The molecule has 0 saturated carbocycles. The molecule has 1 amide bonds. The second-order valence-electron chi connectivity index (χ2n) is 4.14. The van der Waals surface area contributed by atoms with Gasteiger partial charge in [0.15, 0.2) is 0 Å². The van der Waals surface area contributed by atoms with Crippen LogP contribution in [0, 0.1) is 5.82 Å². The van der Waals surface area contributed by atoms with Crippen LogP contribution in [-0.4, -0.2) is 20.0 Å². The summed E-state index contributed by atoms with van der Waals surface area (Å²) in [5.41, 5.74) is 2.00.